The van der Waals surface area contributed by atoms with Crippen LogP contribution in [0.2, 0.25) is 0 Å². The summed E-state index contributed by atoms with van der Waals surface area (Å²) in [7, 11) is 0. The lowest BCUT2D eigenvalue weighted by atomic mass is 10.1. The molecule has 0 spiro atoms. The normalized spacial score (nSPS) is 12.3. The van der Waals surface area contributed by atoms with Crippen molar-refractivity contribution in [1.82, 2.24) is 10.3 Å². The van der Waals surface area contributed by atoms with E-state index in [0.29, 0.717) is 17.2 Å². The first-order valence-corrected chi connectivity index (χ1v) is 6.96. The molecule has 6 nitrogen and oxygen atoms in total. The second kappa shape index (κ2) is 6.49. The van der Waals surface area contributed by atoms with E-state index in [1.54, 1.807) is 6.20 Å². The van der Waals surface area contributed by atoms with E-state index < -0.39 is 4.92 Å². The summed E-state index contributed by atoms with van der Waals surface area (Å²) < 4.78 is 5.72. The Labute approximate surface area is 123 Å². The minimum Gasteiger partial charge on any atom is -0.439 e. The van der Waals surface area contributed by atoms with Gasteiger partial charge in [0.25, 0.3) is 5.69 Å². The van der Waals surface area contributed by atoms with Crippen molar-refractivity contribution in [3.8, 4) is 11.3 Å². The van der Waals surface area contributed by atoms with Gasteiger partial charge >= 0.3 is 0 Å². The smallest absolute Gasteiger partial charge is 0.270 e. The Morgan fingerprint density at radius 1 is 1.43 bits per heavy atom. The van der Waals surface area contributed by atoms with Crippen molar-refractivity contribution in [1.29, 1.82) is 0 Å². The van der Waals surface area contributed by atoms with Crippen molar-refractivity contribution < 1.29 is 9.34 Å². The number of oxazole rings is 1. The first-order valence-electron chi connectivity index (χ1n) is 6.96. The fourth-order valence-electron chi connectivity index (χ4n) is 2.08. The number of hydrogen-bond acceptors (Lipinski definition) is 5. The Bertz CT molecular complexity index is 637. The summed E-state index contributed by atoms with van der Waals surface area (Å²) in [4.78, 5) is 14.8. The predicted octanol–water partition coefficient (Wildman–Crippen LogP) is 3.62. The summed E-state index contributed by atoms with van der Waals surface area (Å²) in [5.41, 5.74) is 1.54. The molecule has 1 aromatic carbocycles. The first kappa shape index (κ1) is 15.2. The third-order valence-corrected chi connectivity index (χ3v) is 3.15. The van der Waals surface area contributed by atoms with E-state index in [-0.39, 0.29) is 11.7 Å². The zero-order valence-corrected chi connectivity index (χ0v) is 12.4. The highest BCUT2D eigenvalue weighted by molar-refractivity contribution is 5.61. The van der Waals surface area contributed by atoms with E-state index >= 15 is 0 Å². The molecule has 0 saturated heterocycles. The van der Waals surface area contributed by atoms with Gasteiger partial charge in [0.15, 0.2) is 5.76 Å². The van der Waals surface area contributed by atoms with Gasteiger partial charge in [-0.15, -0.1) is 0 Å². The molecule has 1 unspecified atom stereocenters. The first-order chi connectivity index (χ1) is 10.0. The lowest BCUT2D eigenvalue weighted by Crippen LogP contribution is -2.19. The minimum atomic E-state index is -0.404. The van der Waals surface area contributed by atoms with Crippen LogP contribution in [0, 0.1) is 17.0 Å². The molecule has 0 bridgehead atoms. The van der Waals surface area contributed by atoms with Gasteiger partial charge in [-0.05, 0) is 38.4 Å². The lowest BCUT2D eigenvalue weighted by Gasteiger charge is -2.08. The second-order valence-corrected chi connectivity index (χ2v) is 5.05. The van der Waals surface area contributed by atoms with Crippen LogP contribution in [0.5, 0.6) is 0 Å². The zero-order chi connectivity index (χ0) is 15.4. The standard InChI is InChI=1S/C15H19N3O3/c1-4-5-16-11(3)15-17-9-14(21-15)12-6-10(2)7-13(8-12)18(19)20/h6-9,11,16H,4-5H2,1-3H3. The zero-order valence-electron chi connectivity index (χ0n) is 12.4. The van der Waals surface area contributed by atoms with E-state index in [1.165, 1.54) is 12.1 Å². The van der Waals surface area contributed by atoms with Crippen LogP contribution in [0.3, 0.4) is 0 Å². The van der Waals surface area contributed by atoms with Crippen LogP contribution >= 0.6 is 0 Å². The lowest BCUT2D eigenvalue weighted by molar-refractivity contribution is -0.384. The van der Waals surface area contributed by atoms with Gasteiger partial charge in [-0.25, -0.2) is 4.98 Å². The van der Waals surface area contributed by atoms with Gasteiger partial charge in [0, 0.05) is 17.7 Å². The van der Waals surface area contributed by atoms with Crippen molar-refractivity contribution >= 4 is 5.69 Å². The molecule has 1 aromatic heterocycles. The average molecular weight is 289 g/mol. The monoisotopic (exact) mass is 289 g/mol. The van der Waals surface area contributed by atoms with Gasteiger partial charge in [-0.2, -0.15) is 0 Å². The third kappa shape index (κ3) is 3.66. The molecule has 1 N–H and O–H groups in total. The Kier molecular flexibility index (Phi) is 4.70. The minimum absolute atomic E-state index is 0.0125. The number of hydrogen-bond donors (Lipinski definition) is 1. The van der Waals surface area contributed by atoms with Crippen LogP contribution < -0.4 is 5.32 Å². The van der Waals surface area contributed by atoms with Crippen molar-refractivity contribution in [3.63, 3.8) is 0 Å². The van der Waals surface area contributed by atoms with E-state index in [0.717, 1.165) is 18.5 Å². The van der Waals surface area contributed by atoms with Gasteiger partial charge in [0.1, 0.15) is 0 Å². The number of aromatic nitrogens is 1. The van der Waals surface area contributed by atoms with Gasteiger partial charge < -0.3 is 9.73 Å². The maximum atomic E-state index is 10.9. The fourth-order valence-corrected chi connectivity index (χ4v) is 2.08. The summed E-state index contributed by atoms with van der Waals surface area (Å²) in [6.07, 6.45) is 2.64. The highest BCUT2D eigenvalue weighted by Crippen LogP contribution is 2.27. The number of nitro groups is 1. The van der Waals surface area contributed by atoms with Crippen molar-refractivity contribution in [2.75, 3.05) is 6.54 Å². The summed E-state index contributed by atoms with van der Waals surface area (Å²) in [5, 5.41) is 14.2. The van der Waals surface area contributed by atoms with Crippen LogP contribution in [0.4, 0.5) is 5.69 Å². The van der Waals surface area contributed by atoms with Crippen molar-refractivity contribution in [3.05, 3.63) is 46.0 Å². The number of nitrogens with one attached hydrogen (secondary N) is 1. The number of nitro benzene ring substituents is 1. The molecule has 112 valence electrons. The molecular weight excluding hydrogens is 270 g/mol. The quantitative estimate of drug-likeness (QED) is 0.648. The Morgan fingerprint density at radius 2 is 2.19 bits per heavy atom. The molecule has 0 aliphatic rings. The van der Waals surface area contributed by atoms with E-state index in [1.807, 2.05) is 19.9 Å². The molecule has 1 atom stereocenters. The second-order valence-electron chi connectivity index (χ2n) is 5.05. The molecule has 21 heavy (non-hydrogen) atoms. The van der Waals surface area contributed by atoms with Crippen LogP contribution in [0.1, 0.15) is 37.8 Å². The van der Waals surface area contributed by atoms with E-state index in [9.17, 15) is 10.1 Å². The molecule has 0 radical (unpaired) electrons. The maximum Gasteiger partial charge on any atom is 0.270 e. The molecule has 2 rings (SSSR count). The number of aryl methyl sites for hydroxylation is 1. The largest absolute Gasteiger partial charge is 0.439 e. The Balaban J connectivity index is 2.27. The number of non-ortho nitro benzene ring substituents is 1. The maximum absolute atomic E-state index is 10.9. The van der Waals surface area contributed by atoms with Crippen LogP contribution in [0.15, 0.2) is 28.8 Å². The van der Waals surface area contributed by atoms with Gasteiger partial charge in [-0.3, -0.25) is 10.1 Å². The SMILES string of the molecule is CCCNC(C)c1ncc(-c2cc(C)cc([N+](=O)[O-])c2)o1. The highest BCUT2D eigenvalue weighted by Gasteiger charge is 2.15. The third-order valence-electron chi connectivity index (χ3n) is 3.15. The molecule has 0 amide bonds. The molecule has 0 saturated carbocycles. The molecule has 0 fully saturated rings. The molecule has 1 heterocycles. The van der Waals surface area contributed by atoms with Crippen molar-refractivity contribution in [2.24, 2.45) is 0 Å². The molecule has 0 aliphatic heterocycles. The summed E-state index contributed by atoms with van der Waals surface area (Å²) in [6, 6.07) is 4.90. The van der Waals surface area contributed by atoms with Gasteiger partial charge in [-0.1, -0.05) is 6.92 Å². The Morgan fingerprint density at radius 3 is 2.86 bits per heavy atom. The number of nitrogens with zero attached hydrogens (tertiary/aromatic N) is 2. The molecule has 0 aliphatic carbocycles. The topological polar surface area (TPSA) is 81.2 Å². The summed E-state index contributed by atoms with van der Waals surface area (Å²) in [5.74, 6) is 1.13. The Hall–Kier alpha value is -2.21. The van der Waals surface area contributed by atoms with Gasteiger partial charge in [0.2, 0.25) is 5.89 Å². The van der Waals surface area contributed by atoms with Crippen LogP contribution in [-0.4, -0.2) is 16.5 Å². The average Bonchev–Trinajstić information content (AvgIpc) is 2.94. The molecule has 2 aromatic rings. The fraction of sp³-hybridized carbons (Fsp3) is 0.400. The number of rotatable bonds is 6. The van der Waals surface area contributed by atoms with Crippen LogP contribution in [0.25, 0.3) is 11.3 Å². The highest BCUT2D eigenvalue weighted by atomic mass is 16.6. The van der Waals surface area contributed by atoms with E-state index in [2.05, 4.69) is 17.2 Å². The molecule has 6 heteroatoms. The van der Waals surface area contributed by atoms with Crippen molar-refractivity contribution in [2.45, 2.75) is 33.2 Å². The predicted molar refractivity (Wildman–Crippen MR) is 80.0 cm³/mol. The number of benzene rings is 1. The molecular formula is C15H19N3O3. The van der Waals surface area contributed by atoms with E-state index in [4.69, 9.17) is 4.42 Å². The van der Waals surface area contributed by atoms with Gasteiger partial charge in [0.05, 0.1) is 17.2 Å². The summed E-state index contributed by atoms with van der Waals surface area (Å²) in [6.45, 7) is 6.77. The summed E-state index contributed by atoms with van der Waals surface area (Å²) >= 11 is 0. The van der Waals surface area contributed by atoms with Crippen LogP contribution in [-0.2, 0) is 0 Å².